The molecule has 7 heteroatoms. The highest BCUT2D eigenvalue weighted by Crippen LogP contribution is 2.39. The zero-order chi connectivity index (χ0) is 24.5. The summed E-state index contributed by atoms with van der Waals surface area (Å²) in [6.45, 7) is 6.22. The maximum atomic E-state index is 5.86. The Hall–Kier alpha value is -3.97. The van der Waals surface area contributed by atoms with Crippen LogP contribution in [0.15, 0.2) is 83.0 Å². The lowest BCUT2D eigenvalue weighted by atomic mass is 9.94. The number of hydrogen-bond acceptors (Lipinski definition) is 5. The molecule has 35 heavy (non-hydrogen) atoms. The Morgan fingerprint density at radius 3 is 2.29 bits per heavy atom. The van der Waals surface area contributed by atoms with Crippen molar-refractivity contribution in [2.75, 3.05) is 12.0 Å². The zero-order valence-corrected chi connectivity index (χ0v) is 20.9. The second kappa shape index (κ2) is 9.35. The molecule has 0 saturated carbocycles. The van der Waals surface area contributed by atoms with E-state index < -0.39 is 0 Å². The second-order valence-electron chi connectivity index (χ2n) is 8.63. The molecule has 0 saturated heterocycles. The lowest BCUT2D eigenvalue weighted by Crippen LogP contribution is -2.46. The molecule has 4 aromatic rings. The average molecular weight is 483 g/mol. The van der Waals surface area contributed by atoms with Crippen molar-refractivity contribution in [1.29, 1.82) is 0 Å². The number of ether oxygens (including phenoxy) is 1. The van der Waals surface area contributed by atoms with Gasteiger partial charge in [-0.25, -0.2) is 0 Å². The molecule has 1 aromatic heterocycles. The van der Waals surface area contributed by atoms with Gasteiger partial charge in [0.05, 0.1) is 18.7 Å². The molecule has 6 nitrogen and oxygen atoms in total. The summed E-state index contributed by atoms with van der Waals surface area (Å²) in [6, 6.07) is 23.9. The summed E-state index contributed by atoms with van der Waals surface area (Å²) < 4.78 is 11.1. The van der Waals surface area contributed by atoms with Crippen LogP contribution in [-0.2, 0) is 0 Å². The Bertz CT molecular complexity index is 1390. The monoisotopic (exact) mass is 482 g/mol. The third-order valence-electron chi connectivity index (χ3n) is 6.09. The van der Waals surface area contributed by atoms with Crippen molar-refractivity contribution in [1.82, 2.24) is 15.5 Å². The Morgan fingerprint density at radius 1 is 0.943 bits per heavy atom. The van der Waals surface area contributed by atoms with Crippen molar-refractivity contribution in [2.24, 2.45) is 0 Å². The van der Waals surface area contributed by atoms with Crippen molar-refractivity contribution in [3.63, 3.8) is 0 Å². The standard InChI is InChI=1S/C28H26N4O2S/c1-17-14-18(2)16-22(15-17)32-19(3)24(25(29-28(32)35)20-8-6-5-7-9-20)27-30-26(31-34-27)21-10-12-23(33-4)13-11-21/h5-16,25H,1-4H3,(H,29,35). The quantitative estimate of drug-likeness (QED) is 0.338. The number of thiocarbonyl (C=S) groups is 1. The van der Waals surface area contributed by atoms with Gasteiger partial charge in [-0.15, -0.1) is 0 Å². The normalized spacial score (nSPS) is 15.8. The van der Waals surface area contributed by atoms with Crippen LogP contribution in [0.25, 0.3) is 17.0 Å². The second-order valence-corrected chi connectivity index (χ2v) is 9.01. The van der Waals surface area contributed by atoms with E-state index in [4.69, 9.17) is 26.5 Å². The van der Waals surface area contributed by atoms with Gasteiger partial charge in [-0.3, -0.25) is 4.90 Å². The summed E-state index contributed by atoms with van der Waals surface area (Å²) in [5.74, 6) is 1.74. The molecule has 0 amide bonds. The number of aryl methyl sites for hydroxylation is 2. The van der Waals surface area contributed by atoms with E-state index in [0.29, 0.717) is 16.8 Å². The number of anilines is 1. The SMILES string of the molecule is COc1ccc(-c2noc(C3=C(C)N(c4cc(C)cc(C)c4)C(=S)NC3c3ccccc3)n2)cc1. The van der Waals surface area contributed by atoms with Gasteiger partial charge in [0.25, 0.3) is 5.89 Å². The van der Waals surface area contributed by atoms with Crippen molar-refractivity contribution in [3.05, 3.63) is 101 Å². The van der Waals surface area contributed by atoms with E-state index >= 15 is 0 Å². The average Bonchev–Trinajstić information content (AvgIpc) is 3.33. The molecule has 0 radical (unpaired) electrons. The number of aromatic nitrogens is 2. The summed E-state index contributed by atoms with van der Waals surface area (Å²) in [6.07, 6.45) is 0. The molecule has 176 valence electrons. The fraction of sp³-hybridized carbons (Fsp3) is 0.179. The fourth-order valence-corrected chi connectivity index (χ4v) is 4.86. The van der Waals surface area contributed by atoms with Crippen LogP contribution in [0.2, 0.25) is 0 Å². The van der Waals surface area contributed by atoms with Gasteiger partial charge in [-0.1, -0.05) is 41.6 Å². The van der Waals surface area contributed by atoms with Crippen LogP contribution in [0.5, 0.6) is 5.75 Å². The molecule has 3 aromatic carbocycles. The van der Waals surface area contributed by atoms with Crippen LogP contribution in [0.3, 0.4) is 0 Å². The number of nitrogens with one attached hydrogen (secondary N) is 1. The van der Waals surface area contributed by atoms with Crippen LogP contribution < -0.4 is 15.0 Å². The Labute approximate surface area is 210 Å². The lowest BCUT2D eigenvalue weighted by Gasteiger charge is -2.37. The maximum Gasteiger partial charge on any atom is 0.258 e. The number of hydrogen-bond donors (Lipinski definition) is 1. The first kappa shape index (κ1) is 22.8. The molecule has 0 spiro atoms. The summed E-state index contributed by atoms with van der Waals surface area (Å²) in [4.78, 5) is 6.83. The largest absolute Gasteiger partial charge is 0.497 e. The summed E-state index contributed by atoms with van der Waals surface area (Å²) in [5, 5.41) is 8.43. The minimum absolute atomic E-state index is 0.227. The summed E-state index contributed by atoms with van der Waals surface area (Å²) in [5.41, 5.74) is 7.07. The first-order valence-corrected chi connectivity index (χ1v) is 11.8. The van der Waals surface area contributed by atoms with Crippen LogP contribution >= 0.6 is 12.2 Å². The van der Waals surface area contributed by atoms with Crippen LogP contribution in [0.1, 0.15) is 35.5 Å². The molecule has 0 bridgehead atoms. The van der Waals surface area contributed by atoms with Crippen molar-refractivity contribution in [2.45, 2.75) is 26.8 Å². The first-order chi connectivity index (χ1) is 16.9. The van der Waals surface area contributed by atoms with E-state index in [9.17, 15) is 0 Å². The minimum Gasteiger partial charge on any atom is -0.497 e. The van der Waals surface area contributed by atoms with Gasteiger partial charge in [0, 0.05) is 16.9 Å². The molecule has 5 rings (SSSR count). The highest BCUT2D eigenvalue weighted by molar-refractivity contribution is 7.80. The number of rotatable bonds is 5. The van der Waals surface area contributed by atoms with E-state index in [-0.39, 0.29) is 6.04 Å². The molecule has 1 atom stereocenters. The van der Waals surface area contributed by atoms with Gasteiger partial charge in [0.1, 0.15) is 5.75 Å². The fourth-order valence-electron chi connectivity index (χ4n) is 4.50. The van der Waals surface area contributed by atoms with Crippen LogP contribution in [0, 0.1) is 13.8 Å². The predicted octanol–water partition coefficient (Wildman–Crippen LogP) is 6.23. The van der Waals surface area contributed by atoms with Gasteiger partial charge in [-0.2, -0.15) is 4.98 Å². The molecule has 1 N–H and O–H groups in total. The Morgan fingerprint density at radius 2 is 1.63 bits per heavy atom. The van der Waals surface area contributed by atoms with Crippen LogP contribution in [-0.4, -0.2) is 22.4 Å². The molecular weight excluding hydrogens is 456 g/mol. The number of methoxy groups -OCH3 is 1. The van der Waals surface area contributed by atoms with E-state index in [1.807, 2.05) is 54.3 Å². The van der Waals surface area contributed by atoms with Gasteiger partial charge in [0.15, 0.2) is 5.11 Å². The van der Waals surface area contributed by atoms with E-state index in [0.717, 1.165) is 33.8 Å². The third-order valence-corrected chi connectivity index (χ3v) is 6.39. The summed E-state index contributed by atoms with van der Waals surface area (Å²) >= 11 is 5.86. The highest BCUT2D eigenvalue weighted by atomic mass is 32.1. The first-order valence-electron chi connectivity index (χ1n) is 11.4. The smallest absolute Gasteiger partial charge is 0.258 e. The van der Waals surface area contributed by atoms with Gasteiger partial charge >= 0.3 is 0 Å². The molecule has 1 unspecified atom stereocenters. The summed E-state index contributed by atoms with van der Waals surface area (Å²) in [7, 11) is 1.64. The highest BCUT2D eigenvalue weighted by Gasteiger charge is 2.34. The topological polar surface area (TPSA) is 63.4 Å². The predicted molar refractivity (Wildman–Crippen MR) is 142 cm³/mol. The minimum atomic E-state index is -0.227. The molecule has 0 aliphatic carbocycles. The number of allylic oxidation sites excluding steroid dienone is 1. The van der Waals surface area contributed by atoms with Crippen molar-refractivity contribution in [3.8, 4) is 17.1 Å². The number of nitrogens with zero attached hydrogens (tertiary/aromatic N) is 3. The Balaban J connectivity index is 1.64. The zero-order valence-electron chi connectivity index (χ0n) is 20.1. The van der Waals surface area contributed by atoms with Gasteiger partial charge in [0.2, 0.25) is 5.82 Å². The van der Waals surface area contributed by atoms with Crippen molar-refractivity contribution < 1.29 is 9.26 Å². The van der Waals surface area contributed by atoms with Gasteiger partial charge in [-0.05, 0) is 86.1 Å². The molecule has 0 fully saturated rings. The molecule has 1 aliphatic rings. The molecule has 1 aliphatic heterocycles. The Kier molecular flexibility index (Phi) is 6.09. The van der Waals surface area contributed by atoms with Crippen molar-refractivity contribution >= 4 is 28.6 Å². The third kappa shape index (κ3) is 4.42. The lowest BCUT2D eigenvalue weighted by molar-refractivity contribution is 0.404. The maximum absolute atomic E-state index is 5.86. The van der Waals surface area contributed by atoms with Gasteiger partial charge < -0.3 is 14.6 Å². The van der Waals surface area contributed by atoms with Crippen LogP contribution in [0.4, 0.5) is 5.69 Å². The van der Waals surface area contributed by atoms with E-state index in [1.165, 1.54) is 11.1 Å². The molecular formula is C28H26N4O2S. The van der Waals surface area contributed by atoms with E-state index in [1.54, 1.807) is 7.11 Å². The number of benzene rings is 3. The van der Waals surface area contributed by atoms with E-state index in [2.05, 4.69) is 54.7 Å². The molecule has 2 heterocycles.